The molecule has 25 heavy (non-hydrogen) atoms. The molecule has 0 fully saturated rings. The van der Waals surface area contributed by atoms with Crippen LogP contribution in [0.2, 0.25) is 0 Å². The lowest BCUT2D eigenvalue weighted by atomic mass is 9.92. The first-order valence-electron chi connectivity index (χ1n) is 9.28. The van der Waals surface area contributed by atoms with Crippen LogP contribution in [0.15, 0.2) is 24.3 Å². The largest absolute Gasteiger partial charge is 0.336 e. The average molecular weight is 349 g/mol. The number of hydrogen-bond donors (Lipinski definition) is 3. The van der Waals surface area contributed by atoms with E-state index in [1.807, 2.05) is 19.2 Å². The van der Waals surface area contributed by atoms with Crippen LogP contribution in [-0.4, -0.2) is 24.5 Å². The van der Waals surface area contributed by atoms with Crippen LogP contribution in [0.4, 0.5) is 4.79 Å². The van der Waals surface area contributed by atoms with E-state index in [2.05, 4.69) is 62.6 Å². The number of carbonyl (C=O) groups is 2. The smallest absolute Gasteiger partial charge is 0.321 e. The van der Waals surface area contributed by atoms with Crippen molar-refractivity contribution in [3.63, 3.8) is 0 Å². The second-order valence-corrected chi connectivity index (χ2v) is 7.36. The van der Waals surface area contributed by atoms with Gasteiger partial charge in [-0.25, -0.2) is 4.79 Å². The van der Waals surface area contributed by atoms with Gasteiger partial charge in [0.1, 0.15) is 6.04 Å². The van der Waals surface area contributed by atoms with Gasteiger partial charge in [-0.1, -0.05) is 52.0 Å². The summed E-state index contributed by atoms with van der Waals surface area (Å²) in [5.41, 5.74) is 2.55. The second kappa shape index (κ2) is 10.2. The third-order valence-electron chi connectivity index (χ3n) is 4.45. The summed E-state index contributed by atoms with van der Waals surface area (Å²) in [7, 11) is 0. The molecule has 0 aromatic heterocycles. The lowest BCUT2D eigenvalue weighted by Gasteiger charge is -2.20. The van der Waals surface area contributed by atoms with E-state index in [0.29, 0.717) is 11.8 Å². The monoisotopic (exact) mass is 348 g/mol. The molecule has 0 aliphatic heterocycles. The molecule has 0 saturated heterocycles. The number of benzene rings is 1. The molecule has 3 amide bonds. The van der Waals surface area contributed by atoms with Crippen molar-refractivity contribution in [2.75, 3.05) is 6.54 Å². The first-order valence-corrected chi connectivity index (χ1v) is 9.28. The van der Waals surface area contributed by atoms with Crippen molar-refractivity contribution in [2.45, 2.75) is 66.0 Å². The fourth-order valence-electron chi connectivity index (χ4n) is 2.79. The maximum absolute atomic E-state index is 12.0. The van der Waals surface area contributed by atoms with Crippen molar-refractivity contribution >= 4 is 11.9 Å². The summed E-state index contributed by atoms with van der Waals surface area (Å²) in [4.78, 5) is 23.6. The molecule has 140 valence electrons. The molecule has 0 spiro atoms. The predicted octanol–water partition coefficient (Wildman–Crippen LogP) is 2.69. The number of quaternary nitrogens is 1. The van der Waals surface area contributed by atoms with Crippen molar-refractivity contribution in [2.24, 2.45) is 5.92 Å². The van der Waals surface area contributed by atoms with Gasteiger partial charge in [0.25, 0.3) is 5.91 Å². The van der Waals surface area contributed by atoms with Crippen molar-refractivity contribution in [3.05, 3.63) is 35.4 Å². The van der Waals surface area contributed by atoms with Gasteiger partial charge in [-0.05, 0) is 31.7 Å². The molecule has 1 rings (SSSR count). The molecule has 0 aliphatic carbocycles. The molecule has 0 heterocycles. The minimum absolute atomic E-state index is 0.00391. The fourth-order valence-corrected chi connectivity index (χ4v) is 2.79. The van der Waals surface area contributed by atoms with E-state index in [4.69, 9.17) is 0 Å². The number of amides is 3. The molecule has 5 heteroatoms. The van der Waals surface area contributed by atoms with E-state index in [9.17, 15) is 9.59 Å². The summed E-state index contributed by atoms with van der Waals surface area (Å²) in [6.45, 7) is 12.6. The average Bonchev–Trinajstić information content (AvgIpc) is 2.53. The third-order valence-corrected chi connectivity index (χ3v) is 4.45. The van der Waals surface area contributed by atoms with E-state index in [0.717, 1.165) is 6.42 Å². The van der Waals surface area contributed by atoms with Crippen LogP contribution in [0.5, 0.6) is 0 Å². The lowest BCUT2D eigenvalue weighted by Crippen LogP contribution is -2.88. The number of urea groups is 1. The maximum atomic E-state index is 12.0. The van der Waals surface area contributed by atoms with Crippen LogP contribution in [-0.2, 0) is 4.79 Å². The minimum atomic E-state index is -0.438. The zero-order chi connectivity index (χ0) is 19.0. The Morgan fingerprint density at radius 1 is 1.00 bits per heavy atom. The van der Waals surface area contributed by atoms with E-state index in [1.165, 1.54) is 11.1 Å². The van der Waals surface area contributed by atoms with E-state index in [-0.39, 0.29) is 24.5 Å². The molecule has 5 nitrogen and oxygen atoms in total. The number of rotatable bonds is 8. The van der Waals surface area contributed by atoms with Gasteiger partial charge in [0, 0.05) is 17.5 Å². The van der Waals surface area contributed by atoms with Gasteiger partial charge >= 0.3 is 6.03 Å². The molecule has 1 aromatic rings. The highest BCUT2D eigenvalue weighted by atomic mass is 16.2. The summed E-state index contributed by atoms with van der Waals surface area (Å²) in [5.74, 6) is 0.660. The van der Waals surface area contributed by atoms with Gasteiger partial charge in [0.2, 0.25) is 0 Å². The Labute approximate surface area is 152 Å². The summed E-state index contributed by atoms with van der Waals surface area (Å²) in [5, 5.41) is 7.02. The van der Waals surface area contributed by atoms with Crippen LogP contribution in [0, 0.1) is 5.92 Å². The topological polar surface area (TPSA) is 74.8 Å². The Balaban J connectivity index is 2.65. The normalized spacial score (nSPS) is 13.6. The molecule has 0 bridgehead atoms. The zero-order valence-corrected chi connectivity index (χ0v) is 16.4. The van der Waals surface area contributed by atoms with Crippen LogP contribution in [0.25, 0.3) is 0 Å². The molecule has 0 unspecified atom stereocenters. The first kappa shape index (κ1) is 21.2. The molecular formula is C20H34N3O2+. The first-order chi connectivity index (χ1) is 11.7. The second-order valence-electron chi connectivity index (χ2n) is 7.36. The molecular weight excluding hydrogens is 314 g/mol. The van der Waals surface area contributed by atoms with Crippen LogP contribution in [0.1, 0.15) is 71.0 Å². The lowest BCUT2D eigenvalue weighted by molar-refractivity contribution is -0.692. The predicted molar refractivity (Wildman–Crippen MR) is 101 cm³/mol. The quantitative estimate of drug-likeness (QED) is 0.676. The van der Waals surface area contributed by atoms with Gasteiger partial charge in [-0.3, -0.25) is 10.1 Å². The highest BCUT2D eigenvalue weighted by Gasteiger charge is 2.21. The van der Waals surface area contributed by atoms with Crippen LogP contribution in [0.3, 0.4) is 0 Å². The highest BCUT2D eigenvalue weighted by Crippen LogP contribution is 2.22. The molecule has 0 aliphatic rings. The Morgan fingerprint density at radius 3 is 2.04 bits per heavy atom. The van der Waals surface area contributed by atoms with E-state index < -0.39 is 6.03 Å². The highest BCUT2D eigenvalue weighted by molar-refractivity contribution is 5.94. The van der Waals surface area contributed by atoms with Crippen LogP contribution >= 0.6 is 0 Å². The van der Waals surface area contributed by atoms with Gasteiger partial charge in [-0.15, -0.1) is 0 Å². The van der Waals surface area contributed by atoms with E-state index >= 15 is 0 Å². The third kappa shape index (κ3) is 7.26. The maximum Gasteiger partial charge on any atom is 0.321 e. The molecule has 1 aromatic carbocycles. The SMILES string of the molecule is CC[C@H](C)c1ccc([C@@H]([NH2+]CC(=O)NC(=O)NC(C)C)C(C)C)cc1. The fraction of sp³-hybridized carbons (Fsp3) is 0.600. The summed E-state index contributed by atoms with van der Waals surface area (Å²) < 4.78 is 0. The van der Waals surface area contributed by atoms with Crippen LogP contribution < -0.4 is 16.0 Å². The standard InChI is InChI=1S/C20H33N3O2/c1-7-15(6)16-8-10-17(11-9-16)19(13(2)3)21-12-18(24)23-20(25)22-14(4)5/h8-11,13-15,19,21H,7,12H2,1-6H3,(H2,22,23,24,25)/p+1/t15-,19-/m0/s1. The number of carbonyl (C=O) groups excluding carboxylic acids is 2. The Morgan fingerprint density at radius 2 is 1.56 bits per heavy atom. The summed E-state index contributed by atoms with van der Waals surface area (Å²) >= 11 is 0. The Bertz CT molecular complexity index is 553. The Hall–Kier alpha value is -1.88. The minimum Gasteiger partial charge on any atom is -0.336 e. The van der Waals surface area contributed by atoms with Gasteiger partial charge in [0.15, 0.2) is 6.54 Å². The number of hydrogen-bond acceptors (Lipinski definition) is 2. The van der Waals surface area contributed by atoms with Crippen molar-refractivity contribution < 1.29 is 14.9 Å². The van der Waals surface area contributed by atoms with Gasteiger partial charge in [0.05, 0.1) is 0 Å². The molecule has 2 atom stereocenters. The van der Waals surface area contributed by atoms with Crippen molar-refractivity contribution in [1.82, 2.24) is 10.6 Å². The number of nitrogens with one attached hydrogen (secondary N) is 2. The molecule has 4 N–H and O–H groups in total. The van der Waals surface area contributed by atoms with Crippen molar-refractivity contribution in [3.8, 4) is 0 Å². The summed E-state index contributed by atoms with van der Waals surface area (Å²) in [6.07, 6.45) is 1.12. The Kier molecular flexibility index (Phi) is 8.62. The van der Waals surface area contributed by atoms with Crippen molar-refractivity contribution in [1.29, 1.82) is 0 Å². The van der Waals surface area contributed by atoms with Gasteiger partial charge < -0.3 is 10.6 Å². The summed E-state index contributed by atoms with van der Waals surface area (Å²) in [6, 6.07) is 8.44. The number of nitrogens with two attached hydrogens (primary N) is 1. The van der Waals surface area contributed by atoms with Gasteiger partial charge in [-0.2, -0.15) is 0 Å². The number of imide groups is 1. The molecule has 0 radical (unpaired) electrons. The van der Waals surface area contributed by atoms with E-state index in [1.54, 1.807) is 0 Å². The molecule has 0 saturated carbocycles. The zero-order valence-electron chi connectivity index (χ0n) is 16.4.